The van der Waals surface area contributed by atoms with Gasteiger partial charge in [0.2, 0.25) is 5.82 Å². The smallest absolute Gasteiger partial charge is 0.200 e. The molecule has 0 saturated heterocycles. The maximum absolute atomic E-state index is 13.9. The number of nitrogens with one attached hydrogen (secondary N) is 1. The quantitative estimate of drug-likeness (QED) is 0.306. The summed E-state index contributed by atoms with van der Waals surface area (Å²) in [7, 11) is 0. The van der Waals surface area contributed by atoms with Crippen LogP contribution in [-0.2, 0) is 0 Å². The topological polar surface area (TPSA) is 20.7 Å². The van der Waals surface area contributed by atoms with E-state index in [0.717, 1.165) is 4.57 Å². The van der Waals surface area contributed by atoms with Crippen molar-refractivity contribution in [3.05, 3.63) is 58.1 Å². The Bertz CT molecular complexity index is 899. The number of imidazole rings is 1. The second kappa shape index (κ2) is 4.66. The molecule has 0 aliphatic heterocycles. The first-order valence-electron chi connectivity index (χ1n) is 5.65. The highest BCUT2D eigenvalue weighted by Crippen LogP contribution is 2.29. The monoisotopic (exact) mass is 316 g/mol. The van der Waals surface area contributed by atoms with Gasteiger partial charge < -0.3 is 4.98 Å². The minimum absolute atomic E-state index is 0.181. The zero-order chi connectivity index (χ0) is 15.3. The number of H-pyrrole nitrogens is 1. The number of aromatic nitrogens is 2. The van der Waals surface area contributed by atoms with Crippen LogP contribution in [0.5, 0.6) is 0 Å². The fraction of sp³-hybridized carbons (Fsp3) is 0. The second-order valence-corrected chi connectivity index (χ2v) is 4.59. The van der Waals surface area contributed by atoms with Gasteiger partial charge in [-0.05, 0) is 24.4 Å². The molecule has 0 aliphatic carbocycles. The zero-order valence-corrected chi connectivity index (χ0v) is 10.9. The lowest BCUT2D eigenvalue weighted by Gasteiger charge is -2.10. The number of hydrogen-bond acceptors (Lipinski definition) is 1. The van der Waals surface area contributed by atoms with Gasteiger partial charge in [-0.3, -0.25) is 4.57 Å². The van der Waals surface area contributed by atoms with E-state index in [-0.39, 0.29) is 10.3 Å². The summed E-state index contributed by atoms with van der Waals surface area (Å²) in [6, 6.07) is 6.19. The second-order valence-electron chi connectivity index (χ2n) is 4.20. The van der Waals surface area contributed by atoms with Gasteiger partial charge in [0, 0.05) is 0 Å². The van der Waals surface area contributed by atoms with Crippen LogP contribution >= 0.6 is 12.2 Å². The number of benzene rings is 2. The third-order valence-corrected chi connectivity index (χ3v) is 3.28. The fourth-order valence-electron chi connectivity index (χ4n) is 2.07. The molecule has 21 heavy (non-hydrogen) atoms. The van der Waals surface area contributed by atoms with Crippen LogP contribution in [0, 0.1) is 33.9 Å². The van der Waals surface area contributed by atoms with Crippen molar-refractivity contribution in [3.63, 3.8) is 0 Å². The molecule has 0 atom stereocenters. The molecule has 0 spiro atoms. The molecular formula is C13H5F5N2S. The van der Waals surface area contributed by atoms with Crippen molar-refractivity contribution in [2.24, 2.45) is 0 Å². The minimum Gasteiger partial charge on any atom is -0.330 e. The lowest BCUT2D eigenvalue weighted by molar-refractivity contribution is 0.376. The molecule has 1 heterocycles. The average Bonchev–Trinajstić information content (AvgIpc) is 2.80. The molecule has 3 rings (SSSR count). The first-order chi connectivity index (χ1) is 9.93. The van der Waals surface area contributed by atoms with Crippen LogP contribution in [0.4, 0.5) is 22.0 Å². The number of aromatic amines is 1. The summed E-state index contributed by atoms with van der Waals surface area (Å²) in [6.45, 7) is 0. The van der Waals surface area contributed by atoms with E-state index in [1.807, 2.05) is 0 Å². The van der Waals surface area contributed by atoms with E-state index in [2.05, 4.69) is 4.98 Å². The minimum atomic E-state index is -2.21. The number of para-hydroxylation sites is 2. The zero-order valence-electron chi connectivity index (χ0n) is 10.1. The van der Waals surface area contributed by atoms with Gasteiger partial charge in [0.1, 0.15) is 5.69 Å². The lowest BCUT2D eigenvalue weighted by Crippen LogP contribution is -2.09. The highest BCUT2D eigenvalue weighted by molar-refractivity contribution is 7.71. The molecule has 1 N–H and O–H groups in total. The van der Waals surface area contributed by atoms with Crippen molar-refractivity contribution in [2.45, 2.75) is 0 Å². The van der Waals surface area contributed by atoms with E-state index in [0.29, 0.717) is 5.52 Å². The fourth-order valence-corrected chi connectivity index (χ4v) is 2.37. The number of halogens is 5. The number of hydrogen-bond donors (Lipinski definition) is 1. The van der Waals surface area contributed by atoms with Gasteiger partial charge in [-0.15, -0.1) is 0 Å². The van der Waals surface area contributed by atoms with E-state index >= 15 is 0 Å². The SMILES string of the molecule is Fc1c(F)c(F)c(-n2c(=S)[nH]c3ccccc32)c(F)c1F. The summed E-state index contributed by atoms with van der Waals surface area (Å²) in [5.74, 6) is -10.1. The Labute approximate surface area is 119 Å². The molecule has 108 valence electrons. The van der Waals surface area contributed by atoms with Gasteiger partial charge in [-0.25, -0.2) is 22.0 Å². The molecule has 2 aromatic carbocycles. The Hall–Kier alpha value is -2.22. The molecule has 3 aromatic rings. The number of fused-ring (bicyclic) bond motifs is 1. The predicted octanol–water partition coefficient (Wildman–Crippen LogP) is 4.38. The molecule has 0 amide bonds. The van der Waals surface area contributed by atoms with Crippen molar-refractivity contribution < 1.29 is 22.0 Å². The van der Waals surface area contributed by atoms with Gasteiger partial charge in [0.25, 0.3) is 0 Å². The standard InChI is InChI=1S/C13H5F5N2S/c14-7-8(15)10(17)12(11(18)9(7)16)20-6-4-2-1-3-5(6)19-13(20)21/h1-4H,(H,19,21). The molecule has 0 radical (unpaired) electrons. The Balaban J connectivity index is 2.50. The highest BCUT2D eigenvalue weighted by atomic mass is 32.1. The highest BCUT2D eigenvalue weighted by Gasteiger charge is 2.28. The van der Waals surface area contributed by atoms with Crippen LogP contribution in [0.15, 0.2) is 24.3 Å². The summed E-state index contributed by atoms with van der Waals surface area (Å²) >= 11 is 4.91. The molecular weight excluding hydrogens is 311 g/mol. The van der Waals surface area contributed by atoms with E-state index in [4.69, 9.17) is 12.2 Å². The van der Waals surface area contributed by atoms with Crippen molar-refractivity contribution in [1.29, 1.82) is 0 Å². The Morgan fingerprint density at radius 3 is 1.95 bits per heavy atom. The molecule has 1 aromatic heterocycles. The van der Waals surface area contributed by atoms with Crippen molar-refractivity contribution >= 4 is 23.3 Å². The Kier molecular flexibility index (Phi) is 3.05. The Morgan fingerprint density at radius 1 is 0.810 bits per heavy atom. The van der Waals surface area contributed by atoms with Crippen molar-refractivity contribution in [3.8, 4) is 5.69 Å². The van der Waals surface area contributed by atoms with Gasteiger partial charge in [-0.1, -0.05) is 12.1 Å². The first-order valence-corrected chi connectivity index (χ1v) is 6.06. The van der Waals surface area contributed by atoms with Crippen molar-refractivity contribution in [1.82, 2.24) is 9.55 Å². The summed E-state index contributed by atoms with van der Waals surface area (Å²) in [4.78, 5) is 2.64. The number of nitrogens with zero attached hydrogens (tertiary/aromatic N) is 1. The molecule has 0 fully saturated rings. The largest absolute Gasteiger partial charge is 0.330 e. The van der Waals surface area contributed by atoms with Crippen LogP contribution in [0.3, 0.4) is 0 Å². The van der Waals surface area contributed by atoms with Crippen LogP contribution in [0.2, 0.25) is 0 Å². The number of rotatable bonds is 1. The lowest BCUT2D eigenvalue weighted by atomic mass is 10.2. The predicted molar refractivity (Wildman–Crippen MR) is 68.2 cm³/mol. The van der Waals surface area contributed by atoms with E-state index in [1.165, 1.54) is 6.07 Å². The molecule has 0 aliphatic rings. The van der Waals surface area contributed by atoms with Crippen LogP contribution in [0.1, 0.15) is 0 Å². The van der Waals surface area contributed by atoms with Crippen LogP contribution in [-0.4, -0.2) is 9.55 Å². The molecule has 0 bridgehead atoms. The molecule has 2 nitrogen and oxygen atoms in total. The average molecular weight is 316 g/mol. The van der Waals surface area contributed by atoms with E-state index in [9.17, 15) is 22.0 Å². The summed E-state index contributed by atoms with van der Waals surface area (Å²) in [5.41, 5.74) is -0.494. The maximum Gasteiger partial charge on any atom is 0.200 e. The van der Waals surface area contributed by atoms with E-state index in [1.54, 1.807) is 18.2 Å². The van der Waals surface area contributed by atoms with Gasteiger partial charge >= 0.3 is 0 Å². The molecule has 0 saturated carbocycles. The summed E-state index contributed by atoms with van der Waals surface area (Å²) < 4.78 is 68.0. The van der Waals surface area contributed by atoms with E-state index < -0.39 is 34.8 Å². The maximum atomic E-state index is 13.9. The summed E-state index contributed by atoms with van der Waals surface area (Å²) in [6.07, 6.45) is 0. The van der Waals surface area contributed by atoms with Gasteiger partial charge in [0.15, 0.2) is 28.0 Å². The van der Waals surface area contributed by atoms with Crippen molar-refractivity contribution in [2.75, 3.05) is 0 Å². The van der Waals surface area contributed by atoms with Gasteiger partial charge in [0.05, 0.1) is 11.0 Å². The van der Waals surface area contributed by atoms with Gasteiger partial charge in [-0.2, -0.15) is 0 Å². The summed E-state index contributed by atoms with van der Waals surface area (Å²) in [5, 5.41) is 0. The third kappa shape index (κ3) is 1.86. The normalized spacial score (nSPS) is 11.3. The Morgan fingerprint density at radius 2 is 1.33 bits per heavy atom. The van der Waals surface area contributed by atoms with Crippen LogP contribution in [0.25, 0.3) is 16.7 Å². The molecule has 8 heteroatoms. The molecule has 0 unspecified atom stereocenters. The van der Waals surface area contributed by atoms with Crippen LogP contribution < -0.4 is 0 Å². The first kappa shape index (κ1) is 13.7. The third-order valence-electron chi connectivity index (χ3n) is 3.00.